The van der Waals surface area contributed by atoms with Gasteiger partial charge in [0, 0.05) is 6.54 Å². The van der Waals surface area contributed by atoms with E-state index in [0.717, 1.165) is 10.5 Å². The fourth-order valence-electron chi connectivity index (χ4n) is 2.16. The third-order valence-electron chi connectivity index (χ3n) is 3.22. The lowest BCUT2D eigenvalue weighted by Crippen LogP contribution is -2.47. The highest BCUT2D eigenvalue weighted by molar-refractivity contribution is 5.82. The molecule has 0 fully saturated rings. The Morgan fingerprint density at radius 3 is 2.38 bits per heavy atom. The molecule has 0 aliphatic rings. The number of carbonyl (C=O) groups is 1. The van der Waals surface area contributed by atoms with Crippen molar-refractivity contribution in [2.24, 2.45) is 0 Å². The molecule has 0 saturated carbocycles. The van der Waals surface area contributed by atoms with Crippen molar-refractivity contribution in [2.75, 3.05) is 6.54 Å². The van der Waals surface area contributed by atoms with Crippen molar-refractivity contribution in [1.29, 1.82) is 0 Å². The maximum absolute atomic E-state index is 12.7. The first-order valence-corrected chi connectivity index (χ1v) is 6.94. The molecule has 1 atom stereocenters. The van der Waals surface area contributed by atoms with Crippen LogP contribution in [-0.4, -0.2) is 29.6 Å². The van der Waals surface area contributed by atoms with Gasteiger partial charge in [-0.1, -0.05) is 49.4 Å². The molecule has 0 spiro atoms. The summed E-state index contributed by atoms with van der Waals surface area (Å²) in [7, 11) is 0. The smallest absolute Gasteiger partial charge is 0.328 e. The van der Waals surface area contributed by atoms with Gasteiger partial charge in [0.15, 0.2) is 0 Å². The van der Waals surface area contributed by atoms with Gasteiger partial charge in [-0.25, -0.2) is 0 Å². The second-order valence-corrected chi connectivity index (χ2v) is 4.73. The van der Waals surface area contributed by atoms with Crippen molar-refractivity contribution >= 4 is 5.91 Å². The van der Waals surface area contributed by atoms with E-state index in [4.69, 9.17) is 0 Å². The summed E-state index contributed by atoms with van der Waals surface area (Å²) >= 11 is 0. The van der Waals surface area contributed by atoms with Crippen LogP contribution < -0.4 is 0 Å². The normalized spacial score (nSPS) is 13.4. The largest absolute Gasteiger partial charge is 0.471 e. The van der Waals surface area contributed by atoms with E-state index in [2.05, 4.69) is 0 Å². The van der Waals surface area contributed by atoms with Crippen LogP contribution in [0, 0.1) is 0 Å². The number of nitrogens with zero attached hydrogens (tertiary/aromatic N) is 1. The standard InChI is InChI=1S/C16H20F3NO/c1-3-8-14(4-2)20(15(21)16(17,18)19)12-11-13-9-6-5-7-10-13/h3,5-10,14H,4,11-12H2,1-2H3/b8-3+/t14-/m1/s1. The van der Waals surface area contributed by atoms with Crippen LogP contribution in [-0.2, 0) is 11.2 Å². The van der Waals surface area contributed by atoms with Crippen molar-refractivity contribution in [3.8, 4) is 0 Å². The summed E-state index contributed by atoms with van der Waals surface area (Å²) in [4.78, 5) is 12.5. The number of halogens is 3. The minimum atomic E-state index is -4.84. The maximum atomic E-state index is 12.7. The average molecular weight is 299 g/mol. The number of hydrogen-bond acceptors (Lipinski definition) is 1. The van der Waals surface area contributed by atoms with E-state index in [9.17, 15) is 18.0 Å². The molecule has 116 valence electrons. The Bertz CT molecular complexity index is 468. The zero-order valence-corrected chi connectivity index (χ0v) is 12.2. The highest BCUT2D eigenvalue weighted by atomic mass is 19.4. The Morgan fingerprint density at radius 2 is 1.90 bits per heavy atom. The molecule has 5 heteroatoms. The fourth-order valence-corrected chi connectivity index (χ4v) is 2.16. The van der Waals surface area contributed by atoms with Crippen LogP contribution in [0.3, 0.4) is 0 Å². The van der Waals surface area contributed by atoms with E-state index < -0.39 is 18.1 Å². The Kier molecular flexibility index (Phi) is 6.46. The van der Waals surface area contributed by atoms with Crippen LogP contribution in [0.15, 0.2) is 42.5 Å². The van der Waals surface area contributed by atoms with Crippen LogP contribution >= 0.6 is 0 Å². The zero-order chi connectivity index (χ0) is 15.9. The van der Waals surface area contributed by atoms with E-state index in [0.29, 0.717) is 12.8 Å². The SMILES string of the molecule is C/C=C/[C@@H](CC)N(CCc1ccccc1)C(=O)C(F)(F)F. The first-order chi connectivity index (χ1) is 9.90. The number of allylic oxidation sites excluding steroid dienone is 1. The average Bonchev–Trinajstić information content (AvgIpc) is 2.46. The molecule has 0 aliphatic heterocycles. The molecule has 0 unspecified atom stereocenters. The van der Waals surface area contributed by atoms with Gasteiger partial charge in [0.05, 0.1) is 6.04 Å². The van der Waals surface area contributed by atoms with Gasteiger partial charge >= 0.3 is 12.1 Å². The molecule has 1 aromatic carbocycles. The highest BCUT2D eigenvalue weighted by Gasteiger charge is 2.43. The van der Waals surface area contributed by atoms with E-state index in [1.54, 1.807) is 26.0 Å². The van der Waals surface area contributed by atoms with Crippen LogP contribution in [0.4, 0.5) is 13.2 Å². The van der Waals surface area contributed by atoms with Gasteiger partial charge in [0.2, 0.25) is 0 Å². The molecular weight excluding hydrogens is 279 g/mol. The molecular formula is C16H20F3NO. The van der Waals surface area contributed by atoms with Gasteiger partial charge in [-0.15, -0.1) is 0 Å². The summed E-state index contributed by atoms with van der Waals surface area (Å²) in [5, 5.41) is 0. The van der Waals surface area contributed by atoms with E-state index in [-0.39, 0.29) is 6.54 Å². The van der Waals surface area contributed by atoms with E-state index in [1.807, 2.05) is 30.3 Å². The number of carbonyl (C=O) groups excluding carboxylic acids is 1. The van der Waals surface area contributed by atoms with Gasteiger partial charge < -0.3 is 4.90 Å². The number of amides is 1. The summed E-state index contributed by atoms with van der Waals surface area (Å²) in [5.41, 5.74) is 0.910. The summed E-state index contributed by atoms with van der Waals surface area (Å²) in [6.45, 7) is 3.55. The number of alkyl halides is 3. The lowest BCUT2D eigenvalue weighted by Gasteiger charge is -2.30. The maximum Gasteiger partial charge on any atom is 0.471 e. The Balaban J connectivity index is 2.88. The quantitative estimate of drug-likeness (QED) is 0.728. The molecule has 1 rings (SSSR count). The fraction of sp³-hybridized carbons (Fsp3) is 0.438. The third-order valence-corrected chi connectivity index (χ3v) is 3.22. The Labute approximate surface area is 123 Å². The van der Waals surface area contributed by atoms with E-state index in [1.165, 1.54) is 0 Å². The summed E-state index contributed by atoms with van der Waals surface area (Å²) in [6, 6.07) is 8.65. The second kappa shape index (κ2) is 7.86. The van der Waals surface area contributed by atoms with Crippen LogP contribution in [0.1, 0.15) is 25.8 Å². The van der Waals surface area contributed by atoms with Crippen LogP contribution in [0.2, 0.25) is 0 Å². The summed E-state index contributed by atoms with van der Waals surface area (Å²) < 4.78 is 38.2. The number of rotatable bonds is 6. The predicted octanol–water partition coefficient (Wildman–Crippen LogP) is 3.97. The highest BCUT2D eigenvalue weighted by Crippen LogP contribution is 2.22. The minimum absolute atomic E-state index is 0.0468. The van der Waals surface area contributed by atoms with Crippen molar-refractivity contribution in [3.05, 3.63) is 48.0 Å². The molecule has 0 aromatic heterocycles. The lowest BCUT2D eigenvalue weighted by atomic mass is 10.1. The van der Waals surface area contributed by atoms with Crippen LogP contribution in [0.5, 0.6) is 0 Å². The molecule has 0 aliphatic carbocycles. The first kappa shape index (κ1) is 17.3. The van der Waals surface area contributed by atoms with Crippen molar-refractivity contribution < 1.29 is 18.0 Å². The van der Waals surface area contributed by atoms with Gasteiger partial charge in [-0.2, -0.15) is 13.2 Å². The molecule has 1 amide bonds. The van der Waals surface area contributed by atoms with E-state index >= 15 is 0 Å². The Morgan fingerprint density at radius 1 is 1.29 bits per heavy atom. The van der Waals surface area contributed by atoms with Gasteiger partial charge in [0.1, 0.15) is 0 Å². The lowest BCUT2D eigenvalue weighted by molar-refractivity contribution is -0.187. The topological polar surface area (TPSA) is 20.3 Å². The first-order valence-electron chi connectivity index (χ1n) is 6.94. The molecule has 1 aromatic rings. The minimum Gasteiger partial charge on any atom is -0.328 e. The van der Waals surface area contributed by atoms with Crippen molar-refractivity contribution in [3.63, 3.8) is 0 Å². The molecule has 0 radical (unpaired) electrons. The zero-order valence-electron chi connectivity index (χ0n) is 12.2. The summed E-state index contributed by atoms with van der Waals surface area (Å²) in [6.07, 6.45) is -0.689. The third kappa shape index (κ3) is 5.25. The summed E-state index contributed by atoms with van der Waals surface area (Å²) in [5.74, 6) is -1.77. The van der Waals surface area contributed by atoms with Gasteiger partial charge in [-0.05, 0) is 25.3 Å². The molecule has 0 saturated heterocycles. The monoisotopic (exact) mass is 299 g/mol. The van der Waals surface area contributed by atoms with Gasteiger partial charge in [0.25, 0.3) is 0 Å². The predicted molar refractivity (Wildman–Crippen MR) is 76.8 cm³/mol. The molecule has 0 N–H and O–H groups in total. The van der Waals surface area contributed by atoms with Gasteiger partial charge in [-0.3, -0.25) is 4.79 Å². The van der Waals surface area contributed by atoms with Crippen molar-refractivity contribution in [2.45, 2.75) is 38.9 Å². The molecule has 0 bridgehead atoms. The van der Waals surface area contributed by atoms with Crippen LogP contribution in [0.25, 0.3) is 0 Å². The Hall–Kier alpha value is -1.78. The molecule has 0 heterocycles. The number of hydrogen-bond donors (Lipinski definition) is 0. The number of benzene rings is 1. The molecule has 2 nitrogen and oxygen atoms in total. The van der Waals surface area contributed by atoms with Crippen molar-refractivity contribution in [1.82, 2.24) is 4.90 Å². The second-order valence-electron chi connectivity index (χ2n) is 4.73. The molecule has 21 heavy (non-hydrogen) atoms.